The number of rotatable bonds is 12. The molecule has 3 aromatic rings. The van der Waals surface area contributed by atoms with Crippen molar-refractivity contribution in [2.24, 2.45) is 11.7 Å². The van der Waals surface area contributed by atoms with Gasteiger partial charge in [-0.25, -0.2) is 0 Å². The fourth-order valence-corrected chi connectivity index (χ4v) is 6.47. The lowest BCUT2D eigenvalue weighted by atomic mass is 10.0. The number of nitrogens with two attached hydrogens (primary N) is 1. The molecule has 0 bridgehead atoms. The third kappa shape index (κ3) is 6.66. The van der Waals surface area contributed by atoms with E-state index in [1.54, 1.807) is 36.0 Å². The Morgan fingerprint density at radius 1 is 0.974 bits per heavy atom. The van der Waals surface area contributed by atoms with Crippen LogP contribution in [0.5, 0.6) is 5.75 Å². The molecule has 0 radical (unpaired) electrons. The monoisotopic (exact) mass is 599 g/mol. The molecule has 0 aliphatic heterocycles. The van der Waals surface area contributed by atoms with Gasteiger partial charge >= 0.3 is 0 Å². The smallest absolute Gasteiger partial charge is 0.167 e. The van der Waals surface area contributed by atoms with Crippen molar-refractivity contribution in [3.8, 4) is 5.75 Å². The fraction of sp³-hybridized carbons (Fsp3) is 0.290. The first kappa shape index (κ1) is 28.1. The van der Waals surface area contributed by atoms with Crippen molar-refractivity contribution in [2.45, 2.75) is 42.4 Å². The van der Waals surface area contributed by atoms with Gasteiger partial charge in [-0.3, -0.25) is 4.79 Å². The van der Waals surface area contributed by atoms with Crippen LogP contribution in [0.3, 0.4) is 0 Å². The molecule has 4 nitrogen and oxygen atoms in total. The van der Waals surface area contributed by atoms with Crippen molar-refractivity contribution in [2.75, 3.05) is 12.4 Å². The van der Waals surface area contributed by atoms with E-state index in [0.717, 1.165) is 36.9 Å². The molecule has 0 saturated heterocycles. The summed E-state index contributed by atoms with van der Waals surface area (Å²) in [7, 11) is 0. The van der Waals surface area contributed by atoms with E-state index < -0.39 is 0 Å². The molecule has 0 aromatic heterocycles. The van der Waals surface area contributed by atoms with Gasteiger partial charge in [-0.1, -0.05) is 59.1 Å². The number of hydrogen-bond donors (Lipinski definition) is 1. The van der Waals surface area contributed by atoms with Gasteiger partial charge in [0, 0.05) is 33.6 Å². The number of ketones is 1. The average Bonchev–Trinajstić information content (AvgIpc) is 3.84. The molecule has 2 saturated carbocycles. The molecule has 2 fully saturated rings. The second-order valence-corrected chi connectivity index (χ2v) is 12.3. The second kappa shape index (κ2) is 12.4. The Morgan fingerprint density at radius 3 is 2.33 bits per heavy atom. The van der Waals surface area contributed by atoms with Crippen LogP contribution in [-0.4, -0.2) is 24.4 Å². The van der Waals surface area contributed by atoms with Gasteiger partial charge in [0.1, 0.15) is 18.6 Å². The van der Waals surface area contributed by atoms with Crippen LogP contribution in [0.2, 0.25) is 15.1 Å². The van der Waals surface area contributed by atoms with Gasteiger partial charge in [0.2, 0.25) is 0 Å². The van der Waals surface area contributed by atoms with Gasteiger partial charge < -0.3 is 15.3 Å². The Balaban J connectivity index is 1.27. The number of halogens is 3. The van der Waals surface area contributed by atoms with Crippen LogP contribution in [0.1, 0.15) is 54.2 Å². The Labute approximate surface area is 247 Å². The van der Waals surface area contributed by atoms with Gasteiger partial charge in [0.05, 0.1) is 21.3 Å². The summed E-state index contributed by atoms with van der Waals surface area (Å²) in [4.78, 5) is 24.8. The predicted octanol–water partition coefficient (Wildman–Crippen LogP) is 8.33. The molecule has 2 aliphatic carbocycles. The molecule has 5 rings (SSSR count). The van der Waals surface area contributed by atoms with Gasteiger partial charge in [0.25, 0.3) is 0 Å². The zero-order valence-electron chi connectivity index (χ0n) is 21.2. The van der Waals surface area contributed by atoms with E-state index in [-0.39, 0.29) is 24.0 Å². The minimum Gasteiger partial charge on any atom is -0.489 e. The summed E-state index contributed by atoms with van der Waals surface area (Å²) in [5.41, 5.74) is 9.91. The summed E-state index contributed by atoms with van der Waals surface area (Å²) >= 11 is 21.1. The Hall–Kier alpha value is -2.44. The van der Waals surface area contributed by atoms with Gasteiger partial charge in [0.15, 0.2) is 5.78 Å². The molecule has 3 aromatic carbocycles. The standard InChI is InChI=1S/C31H28Cl3NO3S/c32-26-3-1-4-27(33)29(26)30(35)25(31(37)19-5-6-19)17-38-20-9-12-22(28(34)15-20)24-16-23(24)18-7-10-21(11-8-18)39-14-2-13-36/h1,3-4,7-13,15,19,23-24H,2,5-6,14,16-17,35H2. The van der Waals surface area contributed by atoms with Crippen molar-refractivity contribution in [1.82, 2.24) is 0 Å². The molecular weight excluding hydrogens is 573 g/mol. The number of carbonyl (C=O) groups excluding carboxylic acids is 2. The van der Waals surface area contributed by atoms with Crippen molar-refractivity contribution in [1.29, 1.82) is 0 Å². The number of benzene rings is 3. The fourth-order valence-electron chi connectivity index (χ4n) is 4.78. The first-order valence-corrected chi connectivity index (χ1v) is 15.0. The minimum atomic E-state index is -0.0369. The molecule has 202 valence electrons. The third-order valence-corrected chi connectivity index (χ3v) is 9.16. The maximum Gasteiger partial charge on any atom is 0.167 e. The maximum atomic E-state index is 13.1. The lowest BCUT2D eigenvalue weighted by molar-refractivity contribution is -0.117. The first-order valence-electron chi connectivity index (χ1n) is 12.9. The van der Waals surface area contributed by atoms with E-state index in [0.29, 0.717) is 50.2 Å². The number of Topliss-reactive ketones (excluding diaryl/α,β-unsaturated/α-hetero) is 1. The zero-order chi connectivity index (χ0) is 27.5. The summed E-state index contributed by atoms with van der Waals surface area (Å²) in [6.45, 7) is 0.00164. The lowest BCUT2D eigenvalue weighted by Gasteiger charge is -2.15. The molecule has 2 N–H and O–H groups in total. The summed E-state index contributed by atoms with van der Waals surface area (Å²) in [5, 5.41) is 1.42. The molecule has 2 unspecified atom stereocenters. The average molecular weight is 601 g/mol. The molecule has 0 heterocycles. The number of thioether (sulfide) groups is 1. The summed E-state index contributed by atoms with van der Waals surface area (Å²) < 4.78 is 6.04. The topological polar surface area (TPSA) is 69.4 Å². The maximum absolute atomic E-state index is 13.1. The zero-order valence-corrected chi connectivity index (χ0v) is 24.3. The number of carbonyl (C=O) groups is 2. The van der Waals surface area contributed by atoms with Crippen LogP contribution in [0.25, 0.3) is 5.70 Å². The Kier molecular flexibility index (Phi) is 8.92. The van der Waals surface area contributed by atoms with E-state index in [2.05, 4.69) is 24.3 Å². The molecule has 39 heavy (non-hydrogen) atoms. The van der Waals surface area contributed by atoms with Crippen LogP contribution < -0.4 is 10.5 Å². The molecular formula is C31H28Cl3NO3S. The largest absolute Gasteiger partial charge is 0.489 e. The van der Waals surface area contributed by atoms with Crippen molar-refractivity contribution >= 4 is 64.3 Å². The summed E-state index contributed by atoms with van der Waals surface area (Å²) in [5.74, 6) is 2.08. The predicted molar refractivity (Wildman–Crippen MR) is 160 cm³/mol. The minimum absolute atomic E-state index is 0.00164. The third-order valence-electron chi connectivity index (χ3n) is 7.16. The highest BCUT2D eigenvalue weighted by Gasteiger charge is 2.40. The number of hydrogen-bond acceptors (Lipinski definition) is 5. The second-order valence-electron chi connectivity index (χ2n) is 9.92. The summed E-state index contributed by atoms with van der Waals surface area (Å²) in [6, 6.07) is 19.4. The Bertz CT molecular complexity index is 1400. The summed E-state index contributed by atoms with van der Waals surface area (Å²) in [6.07, 6.45) is 4.24. The van der Waals surface area contributed by atoms with Crippen LogP contribution >= 0.6 is 46.6 Å². The number of aldehydes is 1. The molecule has 2 atom stereocenters. The highest BCUT2D eigenvalue weighted by atomic mass is 35.5. The van der Waals surface area contributed by atoms with Crippen LogP contribution in [0.15, 0.2) is 71.1 Å². The van der Waals surface area contributed by atoms with Crippen LogP contribution in [0, 0.1) is 5.92 Å². The molecule has 0 spiro atoms. The van der Waals surface area contributed by atoms with E-state index in [1.165, 1.54) is 10.5 Å². The molecule has 0 amide bonds. The van der Waals surface area contributed by atoms with Crippen LogP contribution in [-0.2, 0) is 9.59 Å². The normalized spacial score (nSPS) is 18.8. The van der Waals surface area contributed by atoms with Gasteiger partial charge in [-0.15, -0.1) is 11.8 Å². The highest BCUT2D eigenvalue weighted by Crippen LogP contribution is 2.56. The van der Waals surface area contributed by atoms with Crippen molar-refractivity contribution < 1.29 is 14.3 Å². The van der Waals surface area contributed by atoms with Crippen LogP contribution in [0.4, 0.5) is 0 Å². The quantitative estimate of drug-likeness (QED) is 0.0980. The molecule has 8 heteroatoms. The lowest BCUT2D eigenvalue weighted by Crippen LogP contribution is -2.18. The Morgan fingerprint density at radius 2 is 1.69 bits per heavy atom. The van der Waals surface area contributed by atoms with E-state index in [4.69, 9.17) is 45.3 Å². The molecule has 2 aliphatic rings. The van der Waals surface area contributed by atoms with Gasteiger partial charge in [-0.05, 0) is 78.6 Å². The van der Waals surface area contributed by atoms with Gasteiger partial charge in [-0.2, -0.15) is 0 Å². The van der Waals surface area contributed by atoms with Crippen molar-refractivity contribution in [3.63, 3.8) is 0 Å². The first-order chi connectivity index (χ1) is 18.9. The van der Waals surface area contributed by atoms with E-state index in [1.807, 2.05) is 12.1 Å². The number of ether oxygens (including phenoxy) is 1. The SMILES string of the molecule is NC(=C(COc1ccc(C2CC2c2ccc(SCCC=O)cc2)c(Cl)c1)C(=O)C1CC1)c1c(Cl)cccc1Cl. The van der Waals surface area contributed by atoms with E-state index in [9.17, 15) is 9.59 Å². The van der Waals surface area contributed by atoms with E-state index >= 15 is 0 Å². The van der Waals surface area contributed by atoms with Crippen molar-refractivity contribution in [3.05, 3.63) is 98.0 Å². The highest BCUT2D eigenvalue weighted by molar-refractivity contribution is 7.99.